The van der Waals surface area contributed by atoms with E-state index in [1.807, 2.05) is 4.90 Å². The summed E-state index contributed by atoms with van der Waals surface area (Å²) in [6.45, 7) is 3.74. The second kappa shape index (κ2) is 7.96. The lowest BCUT2D eigenvalue weighted by Gasteiger charge is -2.38. The molecule has 0 aliphatic carbocycles. The summed E-state index contributed by atoms with van der Waals surface area (Å²) in [5, 5.41) is 0. The standard InChI is InChI=1S/C19H28N2O4S/c1-15-5-3-4-12-21(15)19(22)16-10-13-20(14-11-16)26(23,24)18-8-6-17(25-2)7-9-18/h6-9,15-16H,3-5,10-14H2,1-2H3. The van der Waals surface area contributed by atoms with Crippen LogP contribution in [0.15, 0.2) is 29.2 Å². The highest BCUT2D eigenvalue weighted by molar-refractivity contribution is 7.89. The van der Waals surface area contributed by atoms with Gasteiger partial charge in [0.2, 0.25) is 15.9 Å². The third kappa shape index (κ3) is 3.88. The molecule has 2 aliphatic rings. The maximum atomic E-state index is 12.8. The van der Waals surface area contributed by atoms with E-state index in [0.717, 1.165) is 19.4 Å². The molecule has 0 saturated carbocycles. The minimum Gasteiger partial charge on any atom is -0.497 e. The number of ether oxygens (including phenoxy) is 1. The number of nitrogens with zero attached hydrogens (tertiary/aromatic N) is 2. The van der Waals surface area contributed by atoms with Crippen LogP contribution in [0.3, 0.4) is 0 Å². The molecule has 0 aromatic heterocycles. The van der Waals surface area contributed by atoms with Crippen molar-refractivity contribution in [3.05, 3.63) is 24.3 Å². The minimum absolute atomic E-state index is 0.0575. The molecule has 2 heterocycles. The number of hydrogen-bond donors (Lipinski definition) is 0. The highest BCUT2D eigenvalue weighted by atomic mass is 32.2. The molecule has 2 saturated heterocycles. The van der Waals surface area contributed by atoms with Crippen LogP contribution < -0.4 is 4.74 Å². The summed E-state index contributed by atoms with van der Waals surface area (Å²) in [7, 11) is -1.97. The smallest absolute Gasteiger partial charge is 0.243 e. The number of likely N-dealkylation sites (tertiary alicyclic amines) is 1. The lowest BCUT2D eigenvalue weighted by Crippen LogP contribution is -2.48. The third-order valence-electron chi connectivity index (χ3n) is 5.59. The van der Waals surface area contributed by atoms with Gasteiger partial charge >= 0.3 is 0 Å². The molecular weight excluding hydrogens is 352 g/mol. The van der Waals surface area contributed by atoms with Crippen molar-refractivity contribution in [3.63, 3.8) is 0 Å². The van der Waals surface area contributed by atoms with Crippen molar-refractivity contribution >= 4 is 15.9 Å². The number of amides is 1. The Bertz CT molecular complexity index is 724. The van der Waals surface area contributed by atoms with Crippen LogP contribution in [-0.4, -0.2) is 56.3 Å². The van der Waals surface area contributed by atoms with Crippen LogP contribution in [0.25, 0.3) is 0 Å². The van der Waals surface area contributed by atoms with E-state index in [0.29, 0.717) is 37.7 Å². The normalized spacial score (nSPS) is 23.0. The van der Waals surface area contributed by atoms with Gasteiger partial charge in [-0.2, -0.15) is 4.31 Å². The molecule has 1 atom stereocenters. The van der Waals surface area contributed by atoms with Crippen molar-refractivity contribution in [1.82, 2.24) is 9.21 Å². The molecule has 2 aliphatic heterocycles. The molecule has 0 N–H and O–H groups in total. The predicted octanol–water partition coefficient (Wildman–Crippen LogP) is 2.50. The largest absolute Gasteiger partial charge is 0.497 e. The van der Waals surface area contributed by atoms with Gasteiger partial charge < -0.3 is 9.64 Å². The van der Waals surface area contributed by atoms with Crippen LogP contribution in [0.1, 0.15) is 39.0 Å². The fraction of sp³-hybridized carbons (Fsp3) is 0.632. The van der Waals surface area contributed by atoms with Crippen LogP contribution in [0, 0.1) is 5.92 Å². The lowest BCUT2D eigenvalue weighted by molar-refractivity contribution is -0.140. The zero-order valence-electron chi connectivity index (χ0n) is 15.6. The fourth-order valence-corrected chi connectivity index (χ4v) is 5.37. The molecule has 0 bridgehead atoms. The van der Waals surface area contributed by atoms with Gasteiger partial charge in [0.1, 0.15) is 5.75 Å². The van der Waals surface area contributed by atoms with Crippen molar-refractivity contribution in [2.75, 3.05) is 26.7 Å². The van der Waals surface area contributed by atoms with E-state index in [4.69, 9.17) is 4.74 Å². The Kier molecular flexibility index (Phi) is 5.87. The van der Waals surface area contributed by atoms with Gasteiger partial charge in [-0.25, -0.2) is 8.42 Å². The van der Waals surface area contributed by atoms with E-state index in [-0.39, 0.29) is 16.7 Å². The monoisotopic (exact) mass is 380 g/mol. The zero-order chi connectivity index (χ0) is 18.7. The number of hydrogen-bond acceptors (Lipinski definition) is 4. The van der Waals surface area contributed by atoms with Gasteiger partial charge in [0.05, 0.1) is 12.0 Å². The second-order valence-electron chi connectivity index (χ2n) is 7.23. The highest BCUT2D eigenvalue weighted by Crippen LogP contribution is 2.28. The molecule has 144 valence electrons. The molecule has 3 rings (SSSR count). The molecule has 1 aromatic carbocycles. The van der Waals surface area contributed by atoms with Gasteiger partial charge in [0, 0.05) is 31.6 Å². The summed E-state index contributed by atoms with van der Waals surface area (Å²) in [4.78, 5) is 15.1. The number of methoxy groups -OCH3 is 1. The number of piperidine rings is 2. The SMILES string of the molecule is COc1ccc(S(=O)(=O)N2CCC(C(=O)N3CCCCC3C)CC2)cc1. The average molecular weight is 381 g/mol. The van der Waals surface area contributed by atoms with Crippen molar-refractivity contribution in [2.24, 2.45) is 5.92 Å². The van der Waals surface area contributed by atoms with E-state index >= 15 is 0 Å². The van der Waals surface area contributed by atoms with E-state index in [2.05, 4.69) is 6.92 Å². The van der Waals surface area contributed by atoms with Crippen molar-refractivity contribution < 1.29 is 17.9 Å². The summed E-state index contributed by atoms with van der Waals surface area (Å²) in [5.41, 5.74) is 0. The molecule has 1 unspecified atom stereocenters. The Hall–Kier alpha value is -1.60. The molecule has 2 fully saturated rings. The number of carbonyl (C=O) groups is 1. The van der Waals surface area contributed by atoms with Gasteiger partial charge in [-0.15, -0.1) is 0 Å². The Morgan fingerprint density at radius 2 is 1.69 bits per heavy atom. The molecule has 7 heteroatoms. The van der Waals surface area contributed by atoms with Crippen LogP contribution in [0.5, 0.6) is 5.75 Å². The Morgan fingerprint density at radius 3 is 2.27 bits per heavy atom. The van der Waals surface area contributed by atoms with Crippen LogP contribution in [-0.2, 0) is 14.8 Å². The highest BCUT2D eigenvalue weighted by Gasteiger charge is 2.35. The summed E-state index contributed by atoms with van der Waals surface area (Å²) in [5.74, 6) is 0.778. The van der Waals surface area contributed by atoms with Crippen LogP contribution in [0.4, 0.5) is 0 Å². The quantitative estimate of drug-likeness (QED) is 0.805. The van der Waals surface area contributed by atoms with Crippen molar-refractivity contribution in [3.8, 4) is 5.75 Å². The molecular formula is C19H28N2O4S. The first-order chi connectivity index (χ1) is 12.4. The Balaban J connectivity index is 1.62. The topological polar surface area (TPSA) is 66.9 Å². The lowest BCUT2D eigenvalue weighted by atomic mass is 9.94. The first-order valence-electron chi connectivity index (χ1n) is 9.38. The fourth-order valence-electron chi connectivity index (χ4n) is 3.90. The zero-order valence-corrected chi connectivity index (χ0v) is 16.4. The average Bonchev–Trinajstić information content (AvgIpc) is 2.68. The minimum atomic E-state index is -3.52. The van der Waals surface area contributed by atoms with E-state index < -0.39 is 10.0 Å². The van der Waals surface area contributed by atoms with Crippen LogP contribution in [0.2, 0.25) is 0 Å². The van der Waals surface area contributed by atoms with Gasteiger partial charge in [-0.1, -0.05) is 0 Å². The maximum absolute atomic E-state index is 12.8. The van der Waals surface area contributed by atoms with Gasteiger partial charge in [-0.3, -0.25) is 4.79 Å². The summed E-state index contributed by atoms with van der Waals surface area (Å²) < 4.78 is 32.2. The third-order valence-corrected chi connectivity index (χ3v) is 7.50. The molecule has 0 radical (unpaired) electrons. The van der Waals surface area contributed by atoms with E-state index in [1.165, 1.54) is 10.7 Å². The van der Waals surface area contributed by atoms with E-state index in [1.54, 1.807) is 31.4 Å². The number of carbonyl (C=O) groups excluding carboxylic acids is 1. The first kappa shape index (κ1) is 19.2. The molecule has 1 aromatic rings. The molecule has 0 spiro atoms. The van der Waals surface area contributed by atoms with Gasteiger partial charge in [0.25, 0.3) is 0 Å². The summed E-state index contributed by atoms with van der Waals surface area (Å²) in [6, 6.07) is 6.75. The van der Waals surface area contributed by atoms with E-state index in [9.17, 15) is 13.2 Å². The molecule has 26 heavy (non-hydrogen) atoms. The van der Waals surface area contributed by atoms with Crippen LogP contribution >= 0.6 is 0 Å². The van der Waals surface area contributed by atoms with Crippen molar-refractivity contribution in [2.45, 2.75) is 50.0 Å². The Labute approximate surface area is 156 Å². The predicted molar refractivity (Wildman–Crippen MR) is 99.5 cm³/mol. The first-order valence-corrected chi connectivity index (χ1v) is 10.8. The second-order valence-corrected chi connectivity index (χ2v) is 9.17. The van der Waals surface area contributed by atoms with Crippen molar-refractivity contribution in [1.29, 1.82) is 0 Å². The number of benzene rings is 1. The Morgan fingerprint density at radius 1 is 1.04 bits per heavy atom. The molecule has 1 amide bonds. The maximum Gasteiger partial charge on any atom is 0.243 e. The van der Waals surface area contributed by atoms with Gasteiger partial charge in [0.15, 0.2) is 0 Å². The number of rotatable bonds is 4. The van der Waals surface area contributed by atoms with Gasteiger partial charge in [-0.05, 0) is 63.3 Å². The molecule has 6 nitrogen and oxygen atoms in total. The number of sulfonamides is 1. The summed E-state index contributed by atoms with van der Waals surface area (Å²) in [6.07, 6.45) is 4.51. The summed E-state index contributed by atoms with van der Waals surface area (Å²) >= 11 is 0.